The first-order valence-corrected chi connectivity index (χ1v) is 6.97. The van der Waals surface area contributed by atoms with Gasteiger partial charge in [0, 0.05) is 19.4 Å². The Morgan fingerprint density at radius 3 is 2.57 bits per heavy atom. The maximum Gasteiger partial charge on any atom is 0.411 e. The number of likely N-dealkylation sites (tertiary alicyclic amines) is 1. The molecule has 1 fully saturated rings. The number of rotatable bonds is 5. The van der Waals surface area contributed by atoms with Crippen molar-refractivity contribution in [1.29, 1.82) is 0 Å². The van der Waals surface area contributed by atoms with Crippen molar-refractivity contribution >= 4 is 17.8 Å². The van der Waals surface area contributed by atoms with Crippen LogP contribution in [0.15, 0.2) is 12.7 Å². The molecule has 1 amide bonds. The average molecular weight is 297 g/mol. The Morgan fingerprint density at radius 2 is 2.10 bits per heavy atom. The second-order valence-electron chi connectivity index (χ2n) is 6.41. The monoisotopic (exact) mass is 297 g/mol. The van der Waals surface area contributed by atoms with Crippen molar-refractivity contribution < 1.29 is 24.2 Å². The molecule has 1 N–H and O–H groups in total. The van der Waals surface area contributed by atoms with Gasteiger partial charge in [-0.3, -0.25) is 9.69 Å². The van der Waals surface area contributed by atoms with Crippen molar-refractivity contribution in [2.45, 2.75) is 45.6 Å². The molecule has 0 aromatic carbocycles. The highest BCUT2D eigenvalue weighted by Gasteiger charge is 2.56. The number of hydrogen-bond donors (Lipinski definition) is 1. The van der Waals surface area contributed by atoms with E-state index in [1.807, 2.05) is 20.8 Å². The number of carboxylic acids is 1. The van der Waals surface area contributed by atoms with Crippen molar-refractivity contribution in [2.24, 2.45) is 5.41 Å². The van der Waals surface area contributed by atoms with Gasteiger partial charge < -0.3 is 9.84 Å². The van der Waals surface area contributed by atoms with Gasteiger partial charge in [-0.15, -0.1) is 6.58 Å². The smallest absolute Gasteiger partial charge is 0.411 e. The molecule has 0 aromatic rings. The first kappa shape index (κ1) is 17.2. The van der Waals surface area contributed by atoms with Gasteiger partial charge in [-0.25, -0.2) is 9.59 Å². The number of ketones is 1. The third kappa shape index (κ3) is 3.62. The van der Waals surface area contributed by atoms with Gasteiger partial charge in [-0.1, -0.05) is 26.8 Å². The number of nitrogens with zero attached hydrogens (tertiary/aromatic N) is 1. The number of Topliss-reactive ketones (excluding diaryl/α,β-unsaturated/α-hetero) is 1. The third-order valence-electron chi connectivity index (χ3n) is 3.58. The van der Waals surface area contributed by atoms with Crippen LogP contribution < -0.4 is 0 Å². The van der Waals surface area contributed by atoms with Gasteiger partial charge in [0.2, 0.25) is 5.54 Å². The number of hydrogen-bond acceptors (Lipinski definition) is 4. The van der Waals surface area contributed by atoms with Gasteiger partial charge >= 0.3 is 12.1 Å². The predicted octanol–water partition coefficient (Wildman–Crippen LogP) is 2.23. The van der Waals surface area contributed by atoms with E-state index in [4.69, 9.17) is 4.74 Å². The minimum atomic E-state index is -1.86. The fourth-order valence-electron chi connectivity index (χ4n) is 2.29. The first-order chi connectivity index (χ1) is 9.65. The van der Waals surface area contributed by atoms with Gasteiger partial charge in [-0.05, 0) is 11.8 Å². The SMILES string of the molecule is C=CCC1(C(=O)O)C(=O)CCN1C(=O)OCCC(C)(C)C. The van der Waals surface area contributed by atoms with E-state index in [0.29, 0.717) is 6.42 Å². The van der Waals surface area contributed by atoms with E-state index in [9.17, 15) is 19.5 Å². The topological polar surface area (TPSA) is 83.9 Å². The fraction of sp³-hybridized carbons (Fsp3) is 0.667. The Hall–Kier alpha value is -1.85. The van der Waals surface area contributed by atoms with Crippen LogP contribution in [0, 0.1) is 5.41 Å². The van der Waals surface area contributed by atoms with E-state index in [-0.39, 0.29) is 31.4 Å². The van der Waals surface area contributed by atoms with Gasteiger partial charge in [0.05, 0.1) is 6.61 Å². The molecular formula is C15H23NO5. The molecule has 0 saturated carbocycles. The van der Waals surface area contributed by atoms with Crippen molar-refractivity contribution in [3.8, 4) is 0 Å². The normalized spacial score (nSPS) is 22.2. The zero-order valence-electron chi connectivity index (χ0n) is 12.8. The molecule has 21 heavy (non-hydrogen) atoms. The molecule has 1 unspecified atom stereocenters. The lowest BCUT2D eigenvalue weighted by Crippen LogP contribution is -2.56. The highest BCUT2D eigenvalue weighted by molar-refractivity contribution is 6.11. The lowest BCUT2D eigenvalue weighted by Gasteiger charge is -2.31. The van der Waals surface area contributed by atoms with Crippen LogP contribution in [0.3, 0.4) is 0 Å². The van der Waals surface area contributed by atoms with E-state index < -0.39 is 23.4 Å². The zero-order chi connectivity index (χ0) is 16.3. The van der Waals surface area contributed by atoms with Crippen LogP contribution >= 0.6 is 0 Å². The summed E-state index contributed by atoms with van der Waals surface area (Å²) in [7, 11) is 0. The number of aliphatic carboxylic acids is 1. The van der Waals surface area contributed by atoms with Gasteiger partial charge in [-0.2, -0.15) is 0 Å². The van der Waals surface area contributed by atoms with Gasteiger partial charge in [0.25, 0.3) is 0 Å². The molecule has 6 nitrogen and oxygen atoms in total. The summed E-state index contributed by atoms with van der Waals surface area (Å²) in [5.74, 6) is -1.82. The molecule has 1 rings (SSSR count). The molecule has 0 spiro atoms. The first-order valence-electron chi connectivity index (χ1n) is 6.97. The second kappa shape index (κ2) is 6.28. The summed E-state index contributed by atoms with van der Waals surface area (Å²) in [5.41, 5.74) is -1.85. The standard InChI is InChI=1S/C15H23NO5/c1-5-7-15(12(18)19)11(17)6-9-16(15)13(20)21-10-8-14(2,3)4/h5H,1,6-10H2,2-4H3,(H,18,19). The molecule has 0 bridgehead atoms. The van der Waals surface area contributed by atoms with E-state index in [0.717, 1.165) is 4.90 Å². The lowest BCUT2D eigenvalue weighted by molar-refractivity contribution is -0.152. The number of carbonyl (C=O) groups is 3. The maximum absolute atomic E-state index is 12.1. The van der Waals surface area contributed by atoms with Crippen LogP contribution in [0.5, 0.6) is 0 Å². The van der Waals surface area contributed by atoms with Crippen LogP contribution in [0.25, 0.3) is 0 Å². The Morgan fingerprint density at radius 1 is 1.48 bits per heavy atom. The van der Waals surface area contributed by atoms with Crippen LogP contribution in [0.2, 0.25) is 0 Å². The summed E-state index contributed by atoms with van der Waals surface area (Å²) < 4.78 is 5.14. The average Bonchev–Trinajstić information content (AvgIpc) is 2.67. The molecular weight excluding hydrogens is 274 g/mol. The van der Waals surface area contributed by atoms with E-state index in [1.54, 1.807) is 0 Å². The minimum absolute atomic E-state index is 0.00606. The molecule has 1 atom stereocenters. The molecule has 6 heteroatoms. The van der Waals surface area contributed by atoms with E-state index >= 15 is 0 Å². The van der Waals surface area contributed by atoms with E-state index in [1.165, 1.54) is 6.08 Å². The Labute approximate surface area is 124 Å². The molecule has 1 aliphatic rings. The second-order valence-corrected chi connectivity index (χ2v) is 6.41. The minimum Gasteiger partial charge on any atom is -0.479 e. The van der Waals surface area contributed by atoms with Gasteiger partial charge in [0.1, 0.15) is 0 Å². The molecule has 0 radical (unpaired) electrons. The zero-order valence-corrected chi connectivity index (χ0v) is 12.8. The summed E-state index contributed by atoms with van der Waals surface area (Å²) in [6.07, 6.45) is 1.15. The number of carboxylic acid groups (broad SMARTS) is 1. The fourth-order valence-corrected chi connectivity index (χ4v) is 2.29. The Balaban J connectivity index is 2.84. The van der Waals surface area contributed by atoms with Crippen LogP contribution in [-0.2, 0) is 14.3 Å². The van der Waals surface area contributed by atoms with Crippen molar-refractivity contribution in [3.63, 3.8) is 0 Å². The Bertz CT molecular complexity index is 451. The molecule has 118 valence electrons. The van der Waals surface area contributed by atoms with Crippen molar-refractivity contribution in [3.05, 3.63) is 12.7 Å². The predicted molar refractivity (Wildman–Crippen MR) is 76.9 cm³/mol. The molecule has 0 aliphatic carbocycles. The number of ether oxygens (including phenoxy) is 1. The highest BCUT2D eigenvalue weighted by Crippen LogP contribution is 2.31. The summed E-state index contributed by atoms with van der Waals surface area (Å²) in [6.45, 7) is 9.77. The third-order valence-corrected chi connectivity index (χ3v) is 3.58. The number of carbonyl (C=O) groups excluding carboxylic acids is 2. The summed E-state index contributed by atoms with van der Waals surface area (Å²) in [4.78, 5) is 36.7. The molecule has 1 saturated heterocycles. The van der Waals surface area contributed by atoms with Crippen molar-refractivity contribution in [2.75, 3.05) is 13.2 Å². The van der Waals surface area contributed by atoms with Crippen LogP contribution in [0.1, 0.15) is 40.0 Å². The maximum atomic E-state index is 12.1. The van der Waals surface area contributed by atoms with Crippen molar-refractivity contribution in [1.82, 2.24) is 4.90 Å². The number of amides is 1. The van der Waals surface area contributed by atoms with E-state index in [2.05, 4.69) is 6.58 Å². The summed E-state index contributed by atoms with van der Waals surface area (Å²) >= 11 is 0. The molecule has 0 aromatic heterocycles. The molecule has 1 aliphatic heterocycles. The largest absolute Gasteiger partial charge is 0.479 e. The Kier molecular flexibility index (Phi) is 5.15. The highest BCUT2D eigenvalue weighted by atomic mass is 16.6. The van der Waals surface area contributed by atoms with Crippen LogP contribution in [0.4, 0.5) is 4.79 Å². The lowest BCUT2D eigenvalue weighted by atomic mass is 9.91. The quantitative estimate of drug-likeness (QED) is 0.621. The van der Waals surface area contributed by atoms with Gasteiger partial charge in [0.15, 0.2) is 5.78 Å². The van der Waals surface area contributed by atoms with Crippen LogP contribution in [-0.4, -0.2) is 46.5 Å². The molecule has 1 heterocycles. The summed E-state index contributed by atoms with van der Waals surface area (Å²) in [5, 5.41) is 9.42. The summed E-state index contributed by atoms with van der Waals surface area (Å²) in [6, 6.07) is 0.